The van der Waals surface area contributed by atoms with Gasteiger partial charge >= 0.3 is 5.97 Å². The molecule has 0 aromatic carbocycles. The zero-order chi connectivity index (χ0) is 11.3. The number of nitrogens with two attached hydrogens (primary N) is 2. The van der Waals surface area contributed by atoms with Gasteiger partial charge in [-0.05, 0) is 32.6 Å². The molecule has 0 radical (unpaired) electrons. The predicted molar refractivity (Wildman–Crippen MR) is 58.2 cm³/mol. The molecule has 5 heteroatoms. The Morgan fingerprint density at radius 2 is 1.93 bits per heavy atom. The Kier molecular flexibility index (Phi) is 4.39. The first kappa shape index (κ1) is 11.8. The van der Waals surface area contributed by atoms with Crippen molar-refractivity contribution < 1.29 is 9.53 Å². The van der Waals surface area contributed by atoms with E-state index in [1.165, 1.54) is 6.42 Å². The van der Waals surface area contributed by atoms with Crippen LogP contribution in [0, 0.1) is 0 Å². The zero-order valence-electron chi connectivity index (χ0n) is 9.11. The Bertz CT molecular complexity index is 243. The number of hydrogen-bond donors (Lipinski definition) is 2. The molecular formula is C10H19N3O2. The molecule has 0 saturated heterocycles. The summed E-state index contributed by atoms with van der Waals surface area (Å²) in [6.45, 7) is 1.63. The van der Waals surface area contributed by atoms with Crippen LogP contribution in [0.2, 0.25) is 0 Å². The van der Waals surface area contributed by atoms with Crippen LogP contribution >= 0.6 is 0 Å². The van der Waals surface area contributed by atoms with E-state index in [-0.39, 0.29) is 18.0 Å². The largest absolute Gasteiger partial charge is 0.461 e. The fourth-order valence-corrected chi connectivity index (χ4v) is 1.72. The van der Waals surface area contributed by atoms with E-state index in [1.807, 2.05) is 0 Å². The minimum absolute atomic E-state index is 0.0582. The average molecular weight is 213 g/mol. The first-order valence-electron chi connectivity index (χ1n) is 5.39. The summed E-state index contributed by atoms with van der Waals surface area (Å²) in [5.74, 6) is -0.418. The summed E-state index contributed by atoms with van der Waals surface area (Å²) in [5.41, 5.74) is 10.4. The second-order valence-corrected chi connectivity index (χ2v) is 3.93. The van der Waals surface area contributed by atoms with Crippen molar-refractivity contribution in [3.8, 4) is 0 Å². The van der Waals surface area contributed by atoms with Crippen LogP contribution in [0.5, 0.6) is 0 Å². The lowest BCUT2D eigenvalue weighted by molar-refractivity contribution is -0.151. The second-order valence-electron chi connectivity index (χ2n) is 3.93. The molecule has 1 atom stereocenters. The van der Waals surface area contributed by atoms with Gasteiger partial charge in [-0.25, -0.2) is 9.79 Å². The van der Waals surface area contributed by atoms with Crippen LogP contribution in [-0.2, 0) is 9.53 Å². The van der Waals surface area contributed by atoms with Gasteiger partial charge in [-0.2, -0.15) is 0 Å². The van der Waals surface area contributed by atoms with Crippen LogP contribution in [0.1, 0.15) is 39.0 Å². The van der Waals surface area contributed by atoms with Gasteiger partial charge in [0.15, 0.2) is 5.96 Å². The smallest absolute Gasteiger partial charge is 0.330 e. The highest BCUT2D eigenvalue weighted by atomic mass is 16.5. The maximum absolute atomic E-state index is 11.5. The number of ether oxygens (including phenoxy) is 1. The molecule has 1 aliphatic carbocycles. The van der Waals surface area contributed by atoms with Gasteiger partial charge in [0.2, 0.25) is 0 Å². The van der Waals surface area contributed by atoms with E-state index < -0.39 is 6.04 Å². The van der Waals surface area contributed by atoms with Gasteiger partial charge in [0, 0.05) is 0 Å². The third-order valence-electron chi connectivity index (χ3n) is 2.52. The molecule has 1 saturated carbocycles. The third kappa shape index (κ3) is 4.18. The fourth-order valence-electron chi connectivity index (χ4n) is 1.72. The Morgan fingerprint density at radius 1 is 1.33 bits per heavy atom. The van der Waals surface area contributed by atoms with Crippen LogP contribution in [-0.4, -0.2) is 24.1 Å². The molecular weight excluding hydrogens is 194 g/mol. The van der Waals surface area contributed by atoms with Crippen LogP contribution in [0.3, 0.4) is 0 Å². The summed E-state index contributed by atoms with van der Waals surface area (Å²) >= 11 is 0. The standard InChI is InChI=1S/C10H19N3O2/c1-7(13-10(11)12)9(14)15-8-5-3-2-4-6-8/h7-8H,2-6H2,1H3,(H4,11,12,13). The molecule has 0 aromatic rings. The number of guanidine groups is 1. The lowest BCUT2D eigenvalue weighted by Crippen LogP contribution is -2.31. The molecule has 86 valence electrons. The van der Waals surface area contributed by atoms with Crippen molar-refractivity contribution in [2.24, 2.45) is 16.5 Å². The molecule has 0 amide bonds. The molecule has 1 unspecified atom stereocenters. The first-order valence-corrected chi connectivity index (χ1v) is 5.39. The Balaban J connectivity index is 2.36. The minimum atomic E-state index is -0.600. The van der Waals surface area contributed by atoms with Gasteiger partial charge in [0.1, 0.15) is 12.1 Å². The quantitative estimate of drug-likeness (QED) is 0.406. The lowest BCUT2D eigenvalue weighted by Gasteiger charge is -2.22. The van der Waals surface area contributed by atoms with Crippen LogP contribution in [0.25, 0.3) is 0 Å². The minimum Gasteiger partial charge on any atom is -0.461 e. The molecule has 0 aliphatic heterocycles. The highest BCUT2D eigenvalue weighted by molar-refractivity contribution is 5.82. The van der Waals surface area contributed by atoms with Crippen molar-refractivity contribution in [3.63, 3.8) is 0 Å². The van der Waals surface area contributed by atoms with Crippen LogP contribution in [0.15, 0.2) is 4.99 Å². The topological polar surface area (TPSA) is 90.7 Å². The molecule has 1 aliphatic rings. The summed E-state index contributed by atoms with van der Waals surface area (Å²) in [5, 5.41) is 0. The predicted octanol–water partition coefficient (Wildman–Crippen LogP) is 0.524. The van der Waals surface area contributed by atoms with Gasteiger partial charge in [-0.1, -0.05) is 6.42 Å². The van der Waals surface area contributed by atoms with Crippen molar-refractivity contribution in [2.45, 2.75) is 51.2 Å². The monoisotopic (exact) mass is 213 g/mol. The number of carbonyl (C=O) groups excluding carboxylic acids is 1. The van der Waals surface area contributed by atoms with E-state index in [1.54, 1.807) is 6.92 Å². The second kappa shape index (κ2) is 5.58. The molecule has 0 spiro atoms. The Morgan fingerprint density at radius 3 is 2.47 bits per heavy atom. The zero-order valence-corrected chi connectivity index (χ0v) is 9.11. The van der Waals surface area contributed by atoms with Gasteiger partial charge in [0.05, 0.1) is 0 Å². The number of rotatable bonds is 3. The van der Waals surface area contributed by atoms with Gasteiger partial charge in [0.25, 0.3) is 0 Å². The summed E-state index contributed by atoms with van der Waals surface area (Å²) in [6.07, 6.45) is 5.48. The number of nitrogens with zero attached hydrogens (tertiary/aromatic N) is 1. The normalized spacial score (nSPS) is 19.3. The highest BCUT2D eigenvalue weighted by Gasteiger charge is 2.21. The van der Waals surface area contributed by atoms with E-state index in [4.69, 9.17) is 16.2 Å². The summed E-state index contributed by atoms with van der Waals surface area (Å²) in [7, 11) is 0. The molecule has 4 N–H and O–H groups in total. The van der Waals surface area contributed by atoms with E-state index in [2.05, 4.69) is 4.99 Å². The average Bonchev–Trinajstić information content (AvgIpc) is 2.18. The van der Waals surface area contributed by atoms with Crippen molar-refractivity contribution in [1.82, 2.24) is 0 Å². The summed E-state index contributed by atoms with van der Waals surface area (Å²) in [4.78, 5) is 15.2. The first-order chi connectivity index (χ1) is 7.09. The van der Waals surface area contributed by atoms with Crippen LogP contribution < -0.4 is 11.5 Å². The van der Waals surface area contributed by atoms with E-state index in [0.29, 0.717) is 0 Å². The lowest BCUT2D eigenvalue weighted by atomic mass is 9.98. The molecule has 0 aromatic heterocycles. The van der Waals surface area contributed by atoms with Crippen molar-refractivity contribution in [1.29, 1.82) is 0 Å². The molecule has 0 heterocycles. The number of carbonyl (C=O) groups is 1. The fraction of sp³-hybridized carbons (Fsp3) is 0.800. The van der Waals surface area contributed by atoms with Crippen LogP contribution in [0.4, 0.5) is 0 Å². The number of esters is 1. The molecule has 1 fully saturated rings. The Labute approximate surface area is 89.9 Å². The number of hydrogen-bond acceptors (Lipinski definition) is 3. The summed E-state index contributed by atoms with van der Waals surface area (Å²) in [6, 6.07) is -0.600. The SMILES string of the molecule is CC(N=C(N)N)C(=O)OC1CCCCC1. The highest BCUT2D eigenvalue weighted by Crippen LogP contribution is 2.20. The van der Waals surface area contributed by atoms with Crippen molar-refractivity contribution >= 4 is 11.9 Å². The van der Waals surface area contributed by atoms with Crippen molar-refractivity contribution in [2.75, 3.05) is 0 Å². The third-order valence-corrected chi connectivity index (χ3v) is 2.52. The number of aliphatic imine (C=N–C) groups is 1. The Hall–Kier alpha value is -1.26. The molecule has 0 bridgehead atoms. The summed E-state index contributed by atoms with van der Waals surface area (Å²) < 4.78 is 5.30. The van der Waals surface area contributed by atoms with Gasteiger partial charge in [-0.15, -0.1) is 0 Å². The van der Waals surface area contributed by atoms with Gasteiger partial charge in [-0.3, -0.25) is 0 Å². The molecule has 5 nitrogen and oxygen atoms in total. The van der Waals surface area contributed by atoms with Gasteiger partial charge < -0.3 is 16.2 Å². The maximum Gasteiger partial charge on any atom is 0.330 e. The van der Waals surface area contributed by atoms with E-state index in [0.717, 1.165) is 25.7 Å². The molecule has 1 rings (SSSR count). The maximum atomic E-state index is 11.5. The van der Waals surface area contributed by atoms with Crippen molar-refractivity contribution in [3.05, 3.63) is 0 Å². The molecule has 15 heavy (non-hydrogen) atoms. The van der Waals surface area contributed by atoms with E-state index in [9.17, 15) is 4.79 Å². The van der Waals surface area contributed by atoms with E-state index >= 15 is 0 Å².